The van der Waals surface area contributed by atoms with Gasteiger partial charge in [0.1, 0.15) is 5.60 Å². The Balaban J connectivity index is 2.13. The molecular formula is C21H39NO3S2. The Labute approximate surface area is 174 Å². The van der Waals surface area contributed by atoms with Gasteiger partial charge >= 0.3 is 6.09 Å². The van der Waals surface area contributed by atoms with Gasteiger partial charge in [0.2, 0.25) is 0 Å². The second-order valence-electron chi connectivity index (χ2n) is 9.05. The molecule has 0 spiro atoms. The molecule has 1 unspecified atom stereocenters. The first-order valence-electron chi connectivity index (χ1n) is 10.7. The van der Waals surface area contributed by atoms with Crippen LogP contribution in [-0.4, -0.2) is 44.5 Å². The molecule has 1 saturated carbocycles. The van der Waals surface area contributed by atoms with E-state index in [0.29, 0.717) is 5.92 Å². The van der Waals surface area contributed by atoms with Gasteiger partial charge in [-0.05, 0) is 57.5 Å². The fourth-order valence-electron chi connectivity index (χ4n) is 4.22. The van der Waals surface area contributed by atoms with Gasteiger partial charge in [-0.25, -0.2) is 4.79 Å². The van der Waals surface area contributed by atoms with E-state index in [-0.39, 0.29) is 10.1 Å². The molecule has 1 saturated heterocycles. The van der Waals surface area contributed by atoms with Crippen LogP contribution in [-0.2, 0) is 4.74 Å². The van der Waals surface area contributed by atoms with Crippen molar-refractivity contribution in [2.45, 2.75) is 107 Å². The normalized spacial score (nSPS) is 23.4. The Morgan fingerprint density at radius 2 is 1.81 bits per heavy atom. The van der Waals surface area contributed by atoms with Gasteiger partial charge in [-0.2, -0.15) is 0 Å². The van der Waals surface area contributed by atoms with Gasteiger partial charge in [-0.1, -0.05) is 45.4 Å². The zero-order valence-electron chi connectivity index (χ0n) is 17.6. The standard InChI is InChI=1S/C21H39NO3S2/c1-5-12-21(26-13-9-14-27-21)18(23)17(15-16-10-7-6-8-11-16)22-19(24)25-20(2,3)4/h16-18,23H,5-15H2,1-4H3,(H,22,24)/t17-,18?/m0/s1. The van der Waals surface area contributed by atoms with Crippen molar-refractivity contribution in [3.63, 3.8) is 0 Å². The number of thioether (sulfide) groups is 2. The van der Waals surface area contributed by atoms with Crippen LogP contribution in [0.15, 0.2) is 0 Å². The Bertz CT molecular complexity index is 449. The average Bonchev–Trinajstić information content (AvgIpc) is 2.61. The van der Waals surface area contributed by atoms with Crippen LogP contribution in [0.3, 0.4) is 0 Å². The Morgan fingerprint density at radius 3 is 2.37 bits per heavy atom. The molecular weight excluding hydrogens is 378 g/mol. The zero-order chi connectivity index (χ0) is 19.9. The lowest BCUT2D eigenvalue weighted by molar-refractivity contribution is 0.0371. The number of hydrogen-bond acceptors (Lipinski definition) is 5. The number of alkyl carbamates (subject to hydrolysis) is 1. The number of amides is 1. The first kappa shape index (κ1) is 23.2. The van der Waals surface area contributed by atoms with Gasteiger partial charge in [0, 0.05) is 0 Å². The second kappa shape index (κ2) is 10.6. The molecule has 2 atom stereocenters. The predicted molar refractivity (Wildman–Crippen MR) is 118 cm³/mol. The molecule has 1 amide bonds. The minimum absolute atomic E-state index is 0.207. The number of ether oxygens (including phenoxy) is 1. The lowest BCUT2D eigenvalue weighted by atomic mass is 9.83. The summed E-state index contributed by atoms with van der Waals surface area (Å²) < 4.78 is 5.31. The second-order valence-corrected chi connectivity index (χ2v) is 12.2. The lowest BCUT2D eigenvalue weighted by Gasteiger charge is -2.44. The summed E-state index contributed by atoms with van der Waals surface area (Å²) >= 11 is 3.79. The van der Waals surface area contributed by atoms with Crippen molar-refractivity contribution in [3.05, 3.63) is 0 Å². The van der Waals surface area contributed by atoms with Crippen molar-refractivity contribution in [2.75, 3.05) is 11.5 Å². The molecule has 1 aliphatic heterocycles. The van der Waals surface area contributed by atoms with Crippen LogP contribution < -0.4 is 5.32 Å². The smallest absolute Gasteiger partial charge is 0.407 e. The van der Waals surface area contributed by atoms with Crippen LogP contribution in [0, 0.1) is 5.92 Å². The largest absolute Gasteiger partial charge is 0.444 e. The first-order chi connectivity index (χ1) is 12.8. The van der Waals surface area contributed by atoms with Gasteiger partial charge in [-0.3, -0.25) is 0 Å². The lowest BCUT2D eigenvalue weighted by Crippen LogP contribution is -2.54. The highest BCUT2D eigenvalue weighted by Crippen LogP contribution is 2.49. The zero-order valence-corrected chi connectivity index (χ0v) is 19.2. The Morgan fingerprint density at radius 1 is 1.19 bits per heavy atom. The SMILES string of the molecule is CCCC1(C(O)[C@H](CC2CCCCC2)NC(=O)OC(C)(C)C)SCCCS1. The molecule has 0 aromatic carbocycles. The number of carbonyl (C=O) groups excluding carboxylic acids is 1. The third-order valence-corrected chi connectivity index (χ3v) is 8.99. The van der Waals surface area contributed by atoms with Crippen LogP contribution in [0.1, 0.15) is 85.5 Å². The summed E-state index contributed by atoms with van der Waals surface area (Å²) in [5.74, 6) is 2.77. The van der Waals surface area contributed by atoms with Crippen molar-refractivity contribution in [2.24, 2.45) is 5.92 Å². The van der Waals surface area contributed by atoms with Gasteiger partial charge < -0.3 is 15.2 Å². The summed E-state index contributed by atoms with van der Waals surface area (Å²) in [6, 6.07) is -0.243. The van der Waals surface area contributed by atoms with Crippen molar-refractivity contribution in [1.82, 2.24) is 5.32 Å². The molecule has 0 aromatic heterocycles. The molecule has 2 N–H and O–H groups in total. The van der Waals surface area contributed by atoms with Gasteiger partial charge in [0.25, 0.3) is 0 Å². The molecule has 0 bridgehead atoms. The highest BCUT2D eigenvalue weighted by atomic mass is 32.2. The van der Waals surface area contributed by atoms with Crippen molar-refractivity contribution in [3.8, 4) is 0 Å². The highest BCUT2D eigenvalue weighted by molar-refractivity contribution is 8.18. The number of aliphatic hydroxyl groups is 1. The van der Waals surface area contributed by atoms with Crippen LogP contribution in [0.4, 0.5) is 4.79 Å². The van der Waals surface area contributed by atoms with E-state index >= 15 is 0 Å². The maximum absolute atomic E-state index is 12.5. The van der Waals surface area contributed by atoms with E-state index in [4.69, 9.17) is 4.74 Å². The molecule has 1 heterocycles. The van der Waals surface area contributed by atoms with Crippen molar-refractivity contribution in [1.29, 1.82) is 0 Å². The molecule has 27 heavy (non-hydrogen) atoms. The number of carbonyl (C=O) groups is 1. The molecule has 2 fully saturated rings. The monoisotopic (exact) mass is 417 g/mol. The third kappa shape index (κ3) is 7.36. The molecule has 6 heteroatoms. The summed E-state index contributed by atoms with van der Waals surface area (Å²) in [5, 5.41) is 14.5. The van der Waals surface area contributed by atoms with E-state index < -0.39 is 17.8 Å². The number of nitrogens with one attached hydrogen (secondary N) is 1. The van der Waals surface area contributed by atoms with E-state index in [0.717, 1.165) is 30.8 Å². The molecule has 0 radical (unpaired) electrons. The summed E-state index contributed by atoms with van der Waals surface area (Å²) in [4.78, 5) is 12.5. The van der Waals surface area contributed by atoms with E-state index in [1.165, 1.54) is 38.5 Å². The van der Waals surface area contributed by atoms with Crippen LogP contribution in [0.25, 0.3) is 0 Å². The summed E-state index contributed by atoms with van der Waals surface area (Å²) in [6.07, 6.45) is 9.37. The summed E-state index contributed by atoms with van der Waals surface area (Å²) in [6.45, 7) is 7.82. The van der Waals surface area contributed by atoms with Crippen LogP contribution >= 0.6 is 23.5 Å². The fourth-order valence-corrected chi connectivity index (χ4v) is 7.87. The maximum Gasteiger partial charge on any atom is 0.407 e. The van der Waals surface area contributed by atoms with Crippen LogP contribution in [0.5, 0.6) is 0 Å². The Kier molecular flexibility index (Phi) is 9.14. The summed E-state index contributed by atoms with van der Waals surface area (Å²) in [5.41, 5.74) is -0.528. The number of hydrogen-bond donors (Lipinski definition) is 2. The molecule has 1 aliphatic carbocycles. The predicted octanol–water partition coefficient (Wildman–Crippen LogP) is 5.58. The van der Waals surface area contributed by atoms with E-state index in [1.54, 1.807) is 0 Å². The summed E-state index contributed by atoms with van der Waals surface area (Å²) in [7, 11) is 0. The minimum atomic E-state index is -0.554. The third-order valence-electron chi connectivity index (χ3n) is 5.43. The van der Waals surface area contributed by atoms with Crippen molar-refractivity contribution >= 4 is 29.6 Å². The fraction of sp³-hybridized carbons (Fsp3) is 0.952. The average molecular weight is 418 g/mol. The van der Waals surface area contributed by atoms with E-state index in [1.807, 2.05) is 44.3 Å². The van der Waals surface area contributed by atoms with E-state index in [9.17, 15) is 9.90 Å². The number of aliphatic hydroxyl groups excluding tert-OH is 1. The molecule has 2 rings (SSSR count). The Hall–Kier alpha value is -0.0700. The number of rotatable bonds is 7. The minimum Gasteiger partial charge on any atom is -0.444 e. The molecule has 0 aromatic rings. The van der Waals surface area contributed by atoms with Gasteiger partial charge in [0.05, 0.1) is 16.2 Å². The van der Waals surface area contributed by atoms with E-state index in [2.05, 4.69) is 12.2 Å². The van der Waals surface area contributed by atoms with Gasteiger partial charge in [0.15, 0.2) is 0 Å². The first-order valence-corrected chi connectivity index (χ1v) is 12.7. The maximum atomic E-state index is 12.5. The molecule has 2 aliphatic rings. The van der Waals surface area contributed by atoms with Crippen LogP contribution in [0.2, 0.25) is 0 Å². The quantitative estimate of drug-likeness (QED) is 0.566. The van der Waals surface area contributed by atoms with Crippen molar-refractivity contribution < 1.29 is 14.6 Å². The highest BCUT2D eigenvalue weighted by Gasteiger charge is 2.45. The topological polar surface area (TPSA) is 58.6 Å². The van der Waals surface area contributed by atoms with Gasteiger partial charge in [-0.15, -0.1) is 23.5 Å². The molecule has 158 valence electrons. The molecule has 4 nitrogen and oxygen atoms in total.